The van der Waals surface area contributed by atoms with Crippen LogP contribution in [0.1, 0.15) is 42.4 Å². The monoisotopic (exact) mass is 368 g/mol. The number of nitrogens with zero attached hydrogens (tertiary/aromatic N) is 1. The molecule has 2 aliphatic rings. The van der Waals surface area contributed by atoms with Gasteiger partial charge in [-0.1, -0.05) is 12.1 Å². The number of rotatable bonds is 5. The topological polar surface area (TPSA) is 62.6 Å². The van der Waals surface area contributed by atoms with Gasteiger partial charge in [-0.05, 0) is 56.6 Å². The third kappa shape index (κ3) is 3.87. The Balaban J connectivity index is 1.40. The first-order valence-electron chi connectivity index (χ1n) is 10.0. The third-order valence-electron chi connectivity index (χ3n) is 6.09. The summed E-state index contributed by atoms with van der Waals surface area (Å²) in [6, 6.07) is 4.11. The molecule has 1 unspecified atom stereocenters. The van der Waals surface area contributed by atoms with Crippen molar-refractivity contribution >= 4 is 22.8 Å². The number of piperidine rings is 1. The second-order valence-corrected chi connectivity index (χ2v) is 8.19. The summed E-state index contributed by atoms with van der Waals surface area (Å²) < 4.78 is 5.73. The molecule has 0 radical (unpaired) electrons. The molecule has 0 spiro atoms. The summed E-state index contributed by atoms with van der Waals surface area (Å²) in [7, 11) is 0. The molecule has 1 aliphatic heterocycles. The Kier molecular flexibility index (Phi) is 4.94. The summed E-state index contributed by atoms with van der Waals surface area (Å²) in [5, 5.41) is 4.08. The molecule has 5 heteroatoms. The van der Waals surface area contributed by atoms with Crippen LogP contribution in [-0.4, -0.2) is 36.3 Å². The minimum absolute atomic E-state index is 0.0764. The van der Waals surface area contributed by atoms with Gasteiger partial charge in [-0.3, -0.25) is 9.59 Å². The van der Waals surface area contributed by atoms with Crippen molar-refractivity contribution in [3.8, 4) is 0 Å². The second-order valence-electron chi connectivity index (χ2n) is 8.19. The van der Waals surface area contributed by atoms with E-state index in [2.05, 4.69) is 18.3 Å². The molecule has 5 nitrogen and oxygen atoms in total. The first-order valence-corrected chi connectivity index (χ1v) is 10.0. The maximum atomic E-state index is 12.9. The number of aryl methyl sites for hydroxylation is 2. The van der Waals surface area contributed by atoms with Crippen molar-refractivity contribution in [1.82, 2.24) is 10.2 Å². The van der Waals surface area contributed by atoms with Crippen molar-refractivity contribution < 1.29 is 14.0 Å². The van der Waals surface area contributed by atoms with Crippen molar-refractivity contribution in [3.05, 3.63) is 35.1 Å². The van der Waals surface area contributed by atoms with E-state index in [1.165, 1.54) is 18.4 Å². The van der Waals surface area contributed by atoms with Gasteiger partial charge >= 0.3 is 0 Å². The van der Waals surface area contributed by atoms with E-state index in [9.17, 15) is 9.59 Å². The molecule has 1 aliphatic carbocycles. The highest BCUT2D eigenvalue weighted by Crippen LogP contribution is 2.29. The van der Waals surface area contributed by atoms with Gasteiger partial charge < -0.3 is 14.6 Å². The number of hydrogen-bond donors (Lipinski definition) is 1. The van der Waals surface area contributed by atoms with Crippen LogP contribution in [0, 0.1) is 25.7 Å². The number of likely N-dealkylation sites (tertiary alicyclic amines) is 1. The molecule has 1 atom stereocenters. The molecule has 1 aromatic carbocycles. The maximum absolute atomic E-state index is 12.9. The van der Waals surface area contributed by atoms with Crippen LogP contribution in [0.2, 0.25) is 0 Å². The highest BCUT2D eigenvalue weighted by atomic mass is 16.3. The highest BCUT2D eigenvalue weighted by molar-refractivity contribution is 5.90. The number of nitrogens with one attached hydrogen (secondary N) is 1. The lowest BCUT2D eigenvalue weighted by molar-refractivity contribution is -0.135. The standard InChI is InChI=1S/C22H28N2O3/c1-14-5-8-19-18(13-27-21(19)15(14)2)10-20(25)24-9-3-4-17(12-24)22(26)23-11-16-6-7-16/h5,8,13,16-17H,3-4,6-7,9-12H2,1-2H3,(H,23,26). The van der Waals surface area contributed by atoms with Crippen LogP contribution < -0.4 is 5.32 Å². The van der Waals surface area contributed by atoms with Crippen molar-refractivity contribution in [1.29, 1.82) is 0 Å². The van der Waals surface area contributed by atoms with Crippen molar-refractivity contribution in [2.24, 2.45) is 11.8 Å². The molecule has 1 aromatic heterocycles. The van der Waals surface area contributed by atoms with Crippen LogP contribution >= 0.6 is 0 Å². The largest absolute Gasteiger partial charge is 0.464 e. The number of furan rings is 1. The van der Waals surface area contributed by atoms with E-state index in [0.29, 0.717) is 18.9 Å². The average molecular weight is 368 g/mol. The minimum atomic E-state index is -0.0764. The molecule has 0 bridgehead atoms. The molecule has 4 rings (SSSR count). The van der Waals surface area contributed by atoms with Crippen LogP contribution in [0.5, 0.6) is 0 Å². The zero-order valence-corrected chi connectivity index (χ0v) is 16.2. The molecule has 1 saturated carbocycles. The second kappa shape index (κ2) is 7.37. The lowest BCUT2D eigenvalue weighted by Crippen LogP contribution is -2.46. The predicted molar refractivity (Wildman–Crippen MR) is 104 cm³/mol. The van der Waals surface area contributed by atoms with Crippen LogP contribution in [-0.2, 0) is 16.0 Å². The van der Waals surface area contributed by atoms with Crippen LogP contribution in [0.25, 0.3) is 11.0 Å². The van der Waals surface area contributed by atoms with Gasteiger partial charge in [0.1, 0.15) is 5.58 Å². The van der Waals surface area contributed by atoms with Crippen LogP contribution in [0.4, 0.5) is 0 Å². The van der Waals surface area contributed by atoms with Gasteiger partial charge in [0.15, 0.2) is 0 Å². The van der Waals surface area contributed by atoms with Gasteiger partial charge in [-0.15, -0.1) is 0 Å². The van der Waals surface area contributed by atoms with Gasteiger partial charge in [0.25, 0.3) is 0 Å². The summed E-state index contributed by atoms with van der Waals surface area (Å²) in [5.41, 5.74) is 4.11. The van der Waals surface area contributed by atoms with E-state index in [0.717, 1.165) is 48.0 Å². The molecule has 2 aromatic rings. The molecule has 2 heterocycles. The van der Waals surface area contributed by atoms with Gasteiger partial charge in [0.2, 0.25) is 11.8 Å². The number of carbonyl (C=O) groups excluding carboxylic acids is 2. The number of carbonyl (C=O) groups is 2. The third-order valence-corrected chi connectivity index (χ3v) is 6.09. The van der Waals surface area contributed by atoms with E-state index in [4.69, 9.17) is 4.42 Å². The van der Waals surface area contributed by atoms with E-state index in [-0.39, 0.29) is 17.7 Å². The van der Waals surface area contributed by atoms with Crippen molar-refractivity contribution in [3.63, 3.8) is 0 Å². The molecule has 2 amide bonds. The highest BCUT2D eigenvalue weighted by Gasteiger charge is 2.30. The average Bonchev–Trinajstić information content (AvgIpc) is 3.43. The fraction of sp³-hybridized carbons (Fsp3) is 0.545. The summed E-state index contributed by atoms with van der Waals surface area (Å²) in [5.74, 6) is 0.791. The molecule has 144 valence electrons. The summed E-state index contributed by atoms with van der Waals surface area (Å²) in [6.45, 7) is 6.16. The maximum Gasteiger partial charge on any atom is 0.227 e. The minimum Gasteiger partial charge on any atom is -0.464 e. The first-order chi connectivity index (χ1) is 13.0. The lowest BCUT2D eigenvalue weighted by atomic mass is 9.96. The number of hydrogen-bond acceptors (Lipinski definition) is 3. The SMILES string of the molecule is Cc1ccc2c(CC(=O)N3CCCC(C(=O)NCC4CC4)C3)coc2c1C. The van der Waals surface area contributed by atoms with Crippen LogP contribution in [0.15, 0.2) is 22.8 Å². The number of fused-ring (bicyclic) bond motifs is 1. The van der Waals surface area contributed by atoms with Gasteiger partial charge in [0.05, 0.1) is 18.6 Å². The molecular weight excluding hydrogens is 340 g/mol. The quantitative estimate of drug-likeness (QED) is 0.880. The number of benzene rings is 1. The fourth-order valence-electron chi connectivity index (χ4n) is 3.93. The smallest absolute Gasteiger partial charge is 0.227 e. The zero-order valence-electron chi connectivity index (χ0n) is 16.2. The van der Waals surface area contributed by atoms with E-state index in [1.807, 2.05) is 17.9 Å². The Bertz CT molecular complexity index is 866. The Morgan fingerprint density at radius 3 is 2.81 bits per heavy atom. The summed E-state index contributed by atoms with van der Waals surface area (Å²) >= 11 is 0. The fourth-order valence-corrected chi connectivity index (χ4v) is 3.93. The van der Waals surface area contributed by atoms with Crippen molar-refractivity contribution in [2.45, 2.75) is 46.0 Å². The molecule has 27 heavy (non-hydrogen) atoms. The summed E-state index contributed by atoms with van der Waals surface area (Å²) in [6.07, 6.45) is 6.25. The van der Waals surface area contributed by atoms with E-state index >= 15 is 0 Å². The molecule has 1 N–H and O–H groups in total. The Morgan fingerprint density at radius 1 is 1.22 bits per heavy atom. The molecule has 1 saturated heterocycles. The van der Waals surface area contributed by atoms with Gasteiger partial charge in [-0.25, -0.2) is 0 Å². The predicted octanol–water partition coefficient (Wildman–Crippen LogP) is 3.36. The van der Waals surface area contributed by atoms with Gasteiger partial charge in [-0.2, -0.15) is 0 Å². The first kappa shape index (κ1) is 18.1. The normalized spacial score (nSPS) is 20.1. The van der Waals surface area contributed by atoms with E-state index in [1.54, 1.807) is 6.26 Å². The Labute approximate surface area is 160 Å². The molecule has 2 fully saturated rings. The number of amides is 2. The Morgan fingerprint density at radius 2 is 2.04 bits per heavy atom. The summed E-state index contributed by atoms with van der Waals surface area (Å²) in [4.78, 5) is 27.1. The molecular formula is C22H28N2O3. The Hall–Kier alpha value is -2.30. The van der Waals surface area contributed by atoms with Crippen LogP contribution in [0.3, 0.4) is 0 Å². The van der Waals surface area contributed by atoms with Gasteiger partial charge in [0, 0.05) is 30.6 Å². The van der Waals surface area contributed by atoms with Crippen molar-refractivity contribution in [2.75, 3.05) is 19.6 Å². The lowest BCUT2D eigenvalue weighted by Gasteiger charge is -2.32. The van der Waals surface area contributed by atoms with E-state index < -0.39 is 0 Å². The zero-order chi connectivity index (χ0) is 19.0.